The topological polar surface area (TPSA) is 57.7 Å². The van der Waals surface area contributed by atoms with Gasteiger partial charge in [-0.25, -0.2) is 0 Å². The van der Waals surface area contributed by atoms with Crippen LogP contribution in [0.15, 0.2) is 35.3 Å². The van der Waals surface area contributed by atoms with Gasteiger partial charge in [0.2, 0.25) is 0 Å². The maximum Gasteiger partial charge on any atom is 0.191 e. The van der Waals surface area contributed by atoms with Crippen LogP contribution in [0, 0.1) is 5.92 Å². The lowest BCUT2D eigenvalue weighted by molar-refractivity contribution is 0.0355. The molecular formula is C21H36N4O. The smallest absolute Gasteiger partial charge is 0.191 e. The van der Waals surface area contributed by atoms with Crippen LogP contribution in [-0.2, 0) is 4.74 Å². The molecule has 0 aromatic heterocycles. The van der Waals surface area contributed by atoms with Gasteiger partial charge >= 0.3 is 0 Å². The standard InChI is InChI=1S/C21H36N4O/c1-17(2)10-13-23-20(22-4)24-16-21(11-14-26-15-12-21)25-18(3)19-8-6-5-7-9-19/h5-9,17-18,25H,10-16H2,1-4H3,(H2,22,23,24). The molecule has 146 valence electrons. The molecule has 5 nitrogen and oxygen atoms in total. The third-order valence-corrected chi connectivity index (χ3v) is 5.10. The molecule has 0 amide bonds. The van der Waals surface area contributed by atoms with Crippen LogP contribution < -0.4 is 16.0 Å². The van der Waals surface area contributed by atoms with Crippen molar-refractivity contribution in [2.24, 2.45) is 10.9 Å². The molecule has 1 atom stereocenters. The van der Waals surface area contributed by atoms with Crippen LogP contribution in [0.1, 0.15) is 51.6 Å². The molecule has 1 aliphatic rings. The van der Waals surface area contributed by atoms with E-state index in [2.05, 4.69) is 72.0 Å². The Kier molecular flexibility index (Phi) is 8.39. The maximum atomic E-state index is 5.62. The van der Waals surface area contributed by atoms with Gasteiger partial charge in [-0.1, -0.05) is 44.2 Å². The van der Waals surface area contributed by atoms with Crippen LogP contribution in [0.2, 0.25) is 0 Å². The molecule has 26 heavy (non-hydrogen) atoms. The maximum absolute atomic E-state index is 5.62. The van der Waals surface area contributed by atoms with E-state index in [1.54, 1.807) is 0 Å². The summed E-state index contributed by atoms with van der Waals surface area (Å²) < 4.78 is 5.62. The molecule has 0 bridgehead atoms. The Morgan fingerprint density at radius 2 is 1.81 bits per heavy atom. The van der Waals surface area contributed by atoms with Gasteiger partial charge in [0.25, 0.3) is 0 Å². The minimum Gasteiger partial charge on any atom is -0.381 e. The Morgan fingerprint density at radius 3 is 2.42 bits per heavy atom. The fourth-order valence-electron chi connectivity index (χ4n) is 3.37. The molecule has 2 rings (SSSR count). The van der Waals surface area contributed by atoms with Gasteiger partial charge in [0.05, 0.1) is 0 Å². The third kappa shape index (κ3) is 6.61. The average Bonchev–Trinajstić information content (AvgIpc) is 2.65. The molecular weight excluding hydrogens is 324 g/mol. The van der Waals surface area contributed by atoms with Crippen molar-refractivity contribution in [3.63, 3.8) is 0 Å². The zero-order chi connectivity index (χ0) is 18.8. The van der Waals surface area contributed by atoms with E-state index in [1.807, 2.05) is 7.05 Å². The van der Waals surface area contributed by atoms with Gasteiger partial charge in [0.15, 0.2) is 5.96 Å². The van der Waals surface area contributed by atoms with Crippen molar-refractivity contribution in [2.75, 3.05) is 33.4 Å². The molecule has 0 spiro atoms. The first-order valence-corrected chi connectivity index (χ1v) is 9.89. The zero-order valence-corrected chi connectivity index (χ0v) is 16.8. The van der Waals surface area contributed by atoms with E-state index in [9.17, 15) is 0 Å². The van der Waals surface area contributed by atoms with E-state index in [0.717, 1.165) is 51.5 Å². The Labute approximate surface area is 159 Å². The summed E-state index contributed by atoms with van der Waals surface area (Å²) >= 11 is 0. The fourth-order valence-corrected chi connectivity index (χ4v) is 3.37. The van der Waals surface area contributed by atoms with E-state index in [-0.39, 0.29) is 5.54 Å². The van der Waals surface area contributed by atoms with Crippen molar-refractivity contribution < 1.29 is 4.74 Å². The normalized spacial score (nSPS) is 18.6. The van der Waals surface area contributed by atoms with Gasteiger partial charge in [-0.15, -0.1) is 0 Å². The molecule has 1 saturated heterocycles. The number of hydrogen-bond acceptors (Lipinski definition) is 3. The Balaban J connectivity index is 1.95. The molecule has 1 aliphatic heterocycles. The lowest BCUT2D eigenvalue weighted by Crippen LogP contribution is -2.58. The highest BCUT2D eigenvalue weighted by Gasteiger charge is 2.34. The summed E-state index contributed by atoms with van der Waals surface area (Å²) in [5.41, 5.74) is 1.33. The lowest BCUT2D eigenvalue weighted by atomic mass is 9.88. The highest BCUT2D eigenvalue weighted by Crippen LogP contribution is 2.25. The monoisotopic (exact) mass is 360 g/mol. The second-order valence-corrected chi connectivity index (χ2v) is 7.70. The first kappa shape index (κ1) is 20.7. The minimum absolute atomic E-state index is 0.0170. The summed E-state index contributed by atoms with van der Waals surface area (Å²) in [5, 5.41) is 10.8. The molecule has 1 unspecified atom stereocenters. The van der Waals surface area contributed by atoms with Gasteiger partial charge in [0, 0.05) is 44.9 Å². The number of hydrogen-bond donors (Lipinski definition) is 3. The lowest BCUT2D eigenvalue weighted by Gasteiger charge is -2.41. The largest absolute Gasteiger partial charge is 0.381 e. The van der Waals surface area contributed by atoms with Crippen molar-refractivity contribution in [3.05, 3.63) is 35.9 Å². The summed E-state index contributed by atoms with van der Waals surface area (Å²) in [6.07, 6.45) is 3.14. The van der Waals surface area contributed by atoms with Gasteiger partial charge in [0.1, 0.15) is 0 Å². The SMILES string of the molecule is CN=C(NCCC(C)C)NCC1(NC(C)c2ccccc2)CCOCC1. The number of nitrogens with one attached hydrogen (secondary N) is 3. The molecule has 1 heterocycles. The highest BCUT2D eigenvalue weighted by molar-refractivity contribution is 5.79. The molecule has 1 fully saturated rings. The van der Waals surface area contributed by atoms with Crippen molar-refractivity contribution in [1.29, 1.82) is 0 Å². The van der Waals surface area contributed by atoms with E-state index in [4.69, 9.17) is 4.74 Å². The zero-order valence-electron chi connectivity index (χ0n) is 16.8. The third-order valence-electron chi connectivity index (χ3n) is 5.10. The van der Waals surface area contributed by atoms with Gasteiger partial charge < -0.3 is 20.7 Å². The van der Waals surface area contributed by atoms with E-state index in [1.165, 1.54) is 5.56 Å². The quantitative estimate of drug-likeness (QED) is 0.492. The molecule has 1 aromatic rings. The second-order valence-electron chi connectivity index (χ2n) is 7.70. The Hall–Kier alpha value is -1.59. The minimum atomic E-state index is 0.0170. The van der Waals surface area contributed by atoms with Crippen LogP contribution in [0.4, 0.5) is 0 Å². The van der Waals surface area contributed by atoms with Crippen molar-refractivity contribution in [3.8, 4) is 0 Å². The van der Waals surface area contributed by atoms with E-state index < -0.39 is 0 Å². The number of benzene rings is 1. The molecule has 1 aromatic carbocycles. The van der Waals surface area contributed by atoms with Crippen LogP contribution in [0.3, 0.4) is 0 Å². The van der Waals surface area contributed by atoms with Crippen LogP contribution in [0.25, 0.3) is 0 Å². The predicted octanol–water partition coefficient (Wildman–Crippen LogP) is 3.10. The van der Waals surface area contributed by atoms with Crippen LogP contribution in [-0.4, -0.2) is 44.8 Å². The summed E-state index contributed by atoms with van der Waals surface area (Å²) in [6.45, 7) is 10.1. The fraction of sp³-hybridized carbons (Fsp3) is 0.667. The van der Waals surface area contributed by atoms with Crippen molar-refractivity contribution >= 4 is 5.96 Å². The number of guanidine groups is 1. The first-order valence-electron chi connectivity index (χ1n) is 9.89. The van der Waals surface area contributed by atoms with E-state index >= 15 is 0 Å². The van der Waals surface area contributed by atoms with Crippen molar-refractivity contribution in [1.82, 2.24) is 16.0 Å². The van der Waals surface area contributed by atoms with Crippen LogP contribution >= 0.6 is 0 Å². The number of nitrogens with zero attached hydrogens (tertiary/aromatic N) is 1. The predicted molar refractivity (Wildman–Crippen MR) is 110 cm³/mol. The molecule has 3 N–H and O–H groups in total. The Bertz CT molecular complexity index is 538. The molecule has 5 heteroatoms. The number of aliphatic imine (C=N–C) groups is 1. The average molecular weight is 361 g/mol. The summed E-state index contributed by atoms with van der Waals surface area (Å²) in [6, 6.07) is 10.9. The van der Waals surface area contributed by atoms with Gasteiger partial charge in [-0.3, -0.25) is 4.99 Å². The first-order chi connectivity index (χ1) is 12.5. The summed E-state index contributed by atoms with van der Waals surface area (Å²) in [5.74, 6) is 1.57. The van der Waals surface area contributed by atoms with Gasteiger partial charge in [-0.05, 0) is 37.7 Å². The summed E-state index contributed by atoms with van der Waals surface area (Å²) in [4.78, 5) is 4.37. The number of ether oxygens (including phenoxy) is 1. The van der Waals surface area contributed by atoms with Crippen molar-refractivity contribution in [2.45, 2.75) is 51.6 Å². The summed E-state index contributed by atoms with van der Waals surface area (Å²) in [7, 11) is 1.83. The van der Waals surface area contributed by atoms with Gasteiger partial charge in [-0.2, -0.15) is 0 Å². The molecule has 0 saturated carbocycles. The number of rotatable bonds is 8. The highest BCUT2D eigenvalue weighted by atomic mass is 16.5. The van der Waals surface area contributed by atoms with Crippen LogP contribution in [0.5, 0.6) is 0 Å². The molecule has 0 radical (unpaired) electrons. The van der Waals surface area contributed by atoms with E-state index in [0.29, 0.717) is 12.0 Å². The second kappa shape index (κ2) is 10.5. The Morgan fingerprint density at radius 1 is 1.12 bits per heavy atom. The molecule has 0 aliphatic carbocycles.